The van der Waals surface area contributed by atoms with Gasteiger partial charge in [0.25, 0.3) is 0 Å². The Labute approximate surface area is 332 Å². The number of benzene rings is 6. The van der Waals surface area contributed by atoms with Gasteiger partial charge in [-0.05, 0) is 154 Å². The lowest BCUT2D eigenvalue weighted by Crippen LogP contribution is -2.29. The predicted octanol–water partition coefficient (Wildman–Crippen LogP) is 14.7. The number of allylic oxidation sites excluding steroid dienone is 3. The molecule has 0 saturated carbocycles. The lowest BCUT2D eigenvalue weighted by Gasteiger charge is -2.35. The highest BCUT2D eigenvalue weighted by molar-refractivity contribution is 7.67. The molecule has 0 amide bonds. The maximum Gasteiger partial charge on any atom is 0.0443 e. The average molecular weight is 743 g/mol. The predicted molar refractivity (Wildman–Crippen MR) is 242 cm³/mol. The number of hydrogen-bond acceptors (Lipinski definition) is 2. The zero-order valence-electron chi connectivity index (χ0n) is 32.4. The van der Waals surface area contributed by atoms with Crippen LogP contribution in [0.2, 0.25) is 0 Å². The lowest BCUT2D eigenvalue weighted by atomic mass is 9.81. The van der Waals surface area contributed by atoms with Crippen molar-refractivity contribution in [1.82, 2.24) is 0 Å². The van der Waals surface area contributed by atoms with E-state index in [-0.39, 0.29) is 5.41 Å². The van der Waals surface area contributed by atoms with E-state index in [4.69, 9.17) is 0 Å². The van der Waals surface area contributed by atoms with Crippen molar-refractivity contribution in [3.63, 3.8) is 0 Å². The summed E-state index contributed by atoms with van der Waals surface area (Å²) < 4.78 is 0. The highest BCUT2D eigenvalue weighted by Crippen LogP contribution is 2.56. The minimum absolute atomic E-state index is 0.0710. The highest BCUT2D eigenvalue weighted by Gasteiger charge is 2.36. The van der Waals surface area contributed by atoms with Gasteiger partial charge in [-0.2, -0.15) is 0 Å². The summed E-state index contributed by atoms with van der Waals surface area (Å²) in [6.07, 6.45) is 16.6. The molecule has 0 N–H and O–H groups in total. The Morgan fingerprint density at radius 1 is 0.589 bits per heavy atom. The van der Waals surface area contributed by atoms with Crippen molar-refractivity contribution in [2.75, 3.05) is 22.9 Å². The SMILES string of the molecule is CC1(C)c2cc(/C=C/c3ccc4c(c3)c3cc(N5CCCc6ccccc65)ccc3p4-c3ccccc3)ccc2-c2ccc(N3CCCC4=C3C=CCC4)cc21. The molecule has 274 valence electrons. The highest BCUT2D eigenvalue weighted by atomic mass is 31.1. The van der Waals surface area contributed by atoms with Crippen LogP contribution in [-0.2, 0) is 11.8 Å². The van der Waals surface area contributed by atoms with Gasteiger partial charge in [0.2, 0.25) is 0 Å². The molecule has 0 radical (unpaired) electrons. The van der Waals surface area contributed by atoms with Crippen LogP contribution in [0.5, 0.6) is 0 Å². The van der Waals surface area contributed by atoms with Gasteiger partial charge in [-0.25, -0.2) is 0 Å². The van der Waals surface area contributed by atoms with Crippen molar-refractivity contribution in [3.8, 4) is 16.4 Å². The number of para-hydroxylation sites is 1. The van der Waals surface area contributed by atoms with Crippen molar-refractivity contribution in [2.45, 2.75) is 57.8 Å². The molecule has 6 aromatic carbocycles. The zero-order chi connectivity index (χ0) is 37.4. The molecule has 2 aliphatic carbocycles. The quantitative estimate of drug-likeness (QED) is 0.162. The van der Waals surface area contributed by atoms with E-state index in [2.05, 4.69) is 175 Å². The van der Waals surface area contributed by atoms with Crippen LogP contribution < -0.4 is 9.80 Å². The Kier molecular flexibility index (Phi) is 8.01. The van der Waals surface area contributed by atoms with Crippen LogP contribution in [0.25, 0.3) is 49.6 Å². The largest absolute Gasteiger partial charge is 0.342 e. The molecule has 0 saturated heterocycles. The number of hydrogen-bond donors (Lipinski definition) is 0. The molecule has 0 spiro atoms. The average Bonchev–Trinajstić information content (AvgIpc) is 3.69. The maximum absolute atomic E-state index is 2.58. The van der Waals surface area contributed by atoms with Crippen molar-refractivity contribution >= 4 is 57.8 Å². The third-order valence-corrected chi connectivity index (χ3v) is 15.6. The first-order chi connectivity index (χ1) is 27.5. The second-order valence-corrected chi connectivity index (χ2v) is 18.9. The van der Waals surface area contributed by atoms with E-state index in [1.165, 1.54) is 120 Å². The molecule has 1 aromatic heterocycles. The molecular formula is C53H47N2P. The van der Waals surface area contributed by atoms with Crippen LogP contribution in [0.3, 0.4) is 0 Å². The third kappa shape index (κ3) is 5.45. The molecule has 2 aliphatic heterocycles. The zero-order valence-corrected chi connectivity index (χ0v) is 33.3. The summed E-state index contributed by atoms with van der Waals surface area (Å²) in [6.45, 7) is 6.98. The molecule has 7 aromatic rings. The topological polar surface area (TPSA) is 6.48 Å². The first kappa shape index (κ1) is 33.8. The molecule has 0 bridgehead atoms. The summed E-state index contributed by atoms with van der Waals surface area (Å²) in [5, 5.41) is 7.11. The number of rotatable bonds is 5. The first-order valence-corrected chi connectivity index (χ1v) is 22.0. The van der Waals surface area contributed by atoms with Gasteiger partial charge in [-0.3, -0.25) is 0 Å². The standard InChI is InChI=1S/C53H47N2P/c1-53(2)47-33-37(22-26-43(47)44-27-24-41(35-48(44)53)55-31-11-15-39-13-7-9-19-50(39)55)21-20-36-23-28-51-45(32-36)46-34-40(54-30-10-14-38-12-6-8-18-49(38)54)25-29-52(46)56(51)42-16-4-3-5-17-42/h3-6,8-9,12,16-29,32-35H,7,10-11,13-15,30-31H2,1-2H3/b21-20+. The summed E-state index contributed by atoms with van der Waals surface area (Å²) in [6, 6.07) is 48.9. The van der Waals surface area contributed by atoms with E-state index in [0.29, 0.717) is 0 Å². The summed E-state index contributed by atoms with van der Waals surface area (Å²) in [7, 11) is -0.619. The Balaban J connectivity index is 0.948. The van der Waals surface area contributed by atoms with E-state index in [1.54, 1.807) is 5.57 Å². The van der Waals surface area contributed by atoms with Crippen molar-refractivity contribution < 1.29 is 0 Å². The summed E-state index contributed by atoms with van der Waals surface area (Å²) in [5.41, 5.74) is 16.6. The van der Waals surface area contributed by atoms with E-state index in [1.807, 2.05) is 0 Å². The molecule has 1 unspecified atom stereocenters. The van der Waals surface area contributed by atoms with E-state index < -0.39 is 7.53 Å². The van der Waals surface area contributed by atoms with Gasteiger partial charge in [-0.15, -0.1) is 0 Å². The van der Waals surface area contributed by atoms with Gasteiger partial charge in [0.05, 0.1) is 0 Å². The number of fused-ring (bicyclic) bond motifs is 7. The smallest absolute Gasteiger partial charge is 0.0443 e. The molecular weight excluding hydrogens is 696 g/mol. The number of nitrogens with zero attached hydrogens (tertiary/aromatic N) is 2. The molecule has 2 nitrogen and oxygen atoms in total. The van der Waals surface area contributed by atoms with E-state index in [0.717, 1.165) is 19.5 Å². The Hall–Kier alpha value is -5.56. The second kappa shape index (κ2) is 13.3. The van der Waals surface area contributed by atoms with Crippen LogP contribution in [0.15, 0.2) is 151 Å². The van der Waals surface area contributed by atoms with Gasteiger partial charge < -0.3 is 9.80 Å². The van der Waals surface area contributed by atoms with Gasteiger partial charge in [0.1, 0.15) is 0 Å². The van der Waals surface area contributed by atoms with Crippen LogP contribution in [0, 0.1) is 0 Å². The Morgan fingerprint density at radius 2 is 1.25 bits per heavy atom. The third-order valence-electron chi connectivity index (χ3n) is 13.1. The van der Waals surface area contributed by atoms with Gasteiger partial charge in [0.15, 0.2) is 0 Å². The fourth-order valence-electron chi connectivity index (χ4n) is 10.2. The van der Waals surface area contributed by atoms with Gasteiger partial charge >= 0.3 is 0 Å². The van der Waals surface area contributed by atoms with Crippen molar-refractivity contribution in [3.05, 3.63) is 179 Å². The van der Waals surface area contributed by atoms with Crippen LogP contribution in [0.4, 0.5) is 17.1 Å². The molecule has 3 heteroatoms. The maximum atomic E-state index is 2.58. The van der Waals surface area contributed by atoms with Crippen LogP contribution in [-0.4, -0.2) is 13.1 Å². The second-order valence-electron chi connectivity index (χ2n) is 16.7. The summed E-state index contributed by atoms with van der Waals surface area (Å²) in [4.78, 5) is 5.11. The molecule has 56 heavy (non-hydrogen) atoms. The van der Waals surface area contributed by atoms with Crippen LogP contribution in [0.1, 0.15) is 73.8 Å². The number of aryl methyl sites for hydroxylation is 1. The molecule has 0 fully saturated rings. The summed E-state index contributed by atoms with van der Waals surface area (Å²) >= 11 is 0. The first-order valence-electron chi connectivity index (χ1n) is 20.6. The molecule has 1 atom stereocenters. The molecule has 11 rings (SSSR count). The monoisotopic (exact) mass is 742 g/mol. The van der Waals surface area contributed by atoms with E-state index in [9.17, 15) is 0 Å². The fourth-order valence-corrected chi connectivity index (χ4v) is 12.8. The van der Waals surface area contributed by atoms with Gasteiger partial charge in [0, 0.05) is 51.5 Å². The minimum Gasteiger partial charge on any atom is -0.342 e. The molecule has 4 aliphatic rings. The normalized spacial score (nSPS) is 17.4. The minimum atomic E-state index is -0.619. The Morgan fingerprint density at radius 3 is 2.12 bits per heavy atom. The molecule has 3 heterocycles. The fraction of sp³-hybridized carbons (Fsp3) is 0.208. The Bertz CT molecular complexity index is 2790. The summed E-state index contributed by atoms with van der Waals surface area (Å²) in [5.74, 6) is 0. The lowest BCUT2D eigenvalue weighted by molar-refractivity contribution is 0.657. The van der Waals surface area contributed by atoms with Crippen LogP contribution >= 0.6 is 7.53 Å². The number of anilines is 3. The van der Waals surface area contributed by atoms with Gasteiger partial charge in [-0.1, -0.05) is 118 Å². The van der Waals surface area contributed by atoms with E-state index >= 15 is 0 Å². The van der Waals surface area contributed by atoms with Crippen molar-refractivity contribution in [1.29, 1.82) is 0 Å². The van der Waals surface area contributed by atoms with Crippen molar-refractivity contribution in [2.24, 2.45) is 0 Å².